The second-order valence-electron chi connectivity index (χ2n) is 6.96. The van der Waals surface area contributed by atoms with Crippen LogP contribution in [0.4, 0.5) is 0 Å². The number of hydrogen-bond acceptors (Lipinski definition) is 0. The normalized spacial score (nSPS) is 17.5. The molecule has 0 saturated heterocycles. The third-order valence-corrected chi connectivity index (χ3v) is 4.36. The molecule has 0 heterocycles. The zero-order chi connectivity index (χ0) is 13.4. The predicted molar refractivity (Wildman–Crippen MR) is 80.3 cm³/mol. The molecule has 0 radical (unpaired) electrons. The summed E-state index contributed by atoms with van der Waals surface area (Å²) < 4.78 is 0. The molecule has 0 aliphatic carbocycles. The first-order valence-corrected chi connectivity index (χ1v) is 7.88. The fourth-order valence-corrected chi connectivity index (χ4v) is 3.10. The van der Waals surface area contributed by atoms with Crippen LogP contribution in [0, 0.1) is 29.6 Å². The summed E-state index contributed by atoms with van der Waals surface area (Å²) in [6, 6.07) is 0. The van der Waals surface area contributed by atoms with Gasteiger partial charge in [0.1, 0.15) is 0 Å². The summed E-state index contributed by atoms with van der Waals surface area (Å²) in [5.41, 5.74) is 0. The summed E-state index contributed by atoms with van der Waals surface area (Å²) in [6.07, 6.45) is 7.03. The van der Waals surface area contributed by atoms with Gasteiger partial charge in [0.05, 0.1) is 0 Å². The smallest absolute Gasteiger partial charge is 0.0365 e. The minimum absolute atomic E-state index is 0.848. The minimum atomic E-state index is 0.848. The van der Waals surface area contributed by atoms with Gasteiger partial charge in [0.15, 0.2) is 0 Å². The maximum atomic E-state index is 2.47. The fraction of sp³-hybridized carbons (Fsp3) is 1.00. The molecule has 0 saturated carbocycles. The van der Waals surface area contributed by atoms with Crippen molar-refractivity contribution in [1.29, 1.82) is 0 Å². The monoisotopic (exact) mass is 240 g/mol. The zero-order valence-electron chi connectivity index (χ0n) is 13.4. The fourth-order valence-electron chi connectivity index (χ4n) is 3.10. The lowest BCUT2D eigenvalue weighted by molar-refractivity contribution is 0.214. The van der Waals surface area contributed by atoms with E-state index in [1.165, 1.54) is 32.1 Å². The van der Waals surface area contributed by atoms with Crippen LogP contribution in [0.25, 0.3) is 0 Å². The van der Waals surface area contributed by atoms with Gasteiger partial charge in [-0.2, -0.15) is 0 Å². The van der Waals surface area contributed by atoms with E-state index in [0.717, 1.165) is 29.6 Å². The van der Waals surface area contributed by atoms with E-state index in [4.69, 9.17) is 0 Å². The van der Waals surface area contributed by atoms with Crippen LogP contribution in [0.3, 0.4) is 0 Å². The summed E-state index contributed by atoms with van der Waals surface area (Å²) in [4.78, 5) is 0. The van der Waals surface area contributed by atoms with E-state index >= 15 is 0 Å². The Hall–Kier alpha value is 0. The summed E-state index contributed by atoms with van der Waals surface area (Å²) >= 11 is 0. The Morgan fingerprint density at radius 1 is 0.824 bits per heavy atom. The maximum absolute atomic E-state index is 2.47. The van der Waals surface area contributed by atoms with Crippen LogP contribution in [0.1, 0.15) is 80.6 Å². The summed E-state index contributed by atoms with van der Waals surface area (Å²) in [7, 11) is 0. The molecule has 104 valence electrons. The Morgan fingerprint density at radius 2 is 1.41 bits per heavy atom. The Kier molecular flexibility index (Phi) is 9.00. The Balaban J connectivity index is 4.06. The van der Waals surface area contributed by atoms with Gasteiger partial charge in [0.2, 0.25) is 0 Å². The first kappa shape index (κ1) is 17.0. The quantitative estimate of drug-likeness (QED) is 0.453. The highest BCUT2D eigenvalue weighted by molar-refractivity contribution is 4.71. The largest absolute Gasteiger partial charge is 0.0651 e. The Labute approximate surface area is 111 Å². The molecular weight excluding hydrogens is 204 g/mol. The van der Waals surface area contributed by atoms with Gasteiger partial charge in [-0.25, -0.2) is 0 Å². The highest BCUT2D eigenvalue weighted by atomic mass is 14.3. The van der Waals surface area contributed by atoms with Crippen LogP contribution in [-0.2, 0) is 0 Å². The topological polar surface area (TPSA) is 0 Å². The molecule has 0 aliphatic rings. The van der Waals surface area contributed by atoms with E-state index in [2.05, 4.69) is 48.5 Å². The van der Waals surface area contributed by atoms with Gasteiger partial charge in [0.25, 0.3) is 0 Å². The lowest BCUT2D eigenvalue weighted by atomic mass is 9.77. The van der Waals surface area contributed by atoms with Crippen LogP contribution in [0.15, 0.2) is 0 Å². The van der Waals surface area contributed by atoms with Crippen molar-refractivity contribution >= 4 is 0 Å². The van der Waals surface area contributed by atoms with E-state index in [0.29, 0.717) is 0 Å². The van der Waals surface area contributed by atoms with E-state index in [9.17, 15) is 0 Å². The average Bonchev–Trinajstić information content (AvgIpc) is 2.22. The number of hydrogen-bond donors (Lipinski definition) is 0. The molecule has 0 spiro atoms. The van der Waals surface area contributed by atoms with Crippen molar-refractivity contribution in [2.45, 2.75) is 80.6 Å². The lowest BCUT2D eigenvalue weighted by Crippen LogP contribution is -2.19. The van der Waals surface area contributed by atoms with Gasteiger partial charge in [-0.1, -0.05) is 67.7 Å². The van der Waals surface area contributed by atoms with Crippen molar-refractivity contribution < 1.29 is 0 Å². The molecule has 0 N–H and O–H groups in total. The van der Waals surface area contributed by atoms with Gasteiger partial charge in [0, 0.05) is 0 Å². The molecular formula is C17H36. The van der Waals surface area contributed by atoms with Gasteiger partial charge >= 0.3 is 0 Å². The molecule has 17 heavy (non-hydrogen) atoms. The SMILES string of the molecule is CCC(C)CCCC(C(C)C)C(C)CC(C)C. The molecule has 3 atom stereocenters. The molecule has 0 aromatic rings. The number of rotatable bonds is 9. The first-order chi connectivity index (χ1) is 7.88. The van der Waals surface area contributed by atoms with Crippen molar-refractivity contribution in [2.75, 3.05) is 0 Å². The molecule has 0 heteroatoms. The molecule has 3 unspecified atom stereocenters. The van der Waals surface area contributed by atoms with Crippen LogP contribution >= 0.6 is 0 Å². The molecule has 0 aromatic heterocycles. The lowest BCUT2D eigenvalue weighted by Gasteiger charge is -2.29. The van der Waals surface area contributed by atoms with Crippen LogP contribution in [0.5, 0.6) is 0 Å². The van der Waals surface area contributed by atoms with E-state index in [1.807, 2.05) is 0 Å². The molecule has 0 fully saturated rings. The van der Waals surface area contributed by atoms with Gasteiger partial charge in [-0.05, 0) is 42.4 Å². The highest BCUT2D eigenvalue weighted by Crippen LogP contribution is 2.31. The third kappa shape index (κ3) is 7.84. The van der Waals surface area contributed by atoms with E-state index < -0.39 is 0 Å². The molecule has 0 rings (SSSR count). The van der Waals surface area contributed by atoms with Gasteiger partial charge < -0.3 is 0 Å². The molecule has 0 nitrogen and oxygen atoms in total. The van der Waals surface area contributed by atoms with E-state index in [1.54, 1.807) is 0 Å². The highest BCUT2D eigenvalue weighted by Gasteiger charge is 2.21. The molecule has 0 amide bonds. The second kappa shape index (κ2) is 9.00. The van der Waals surface area contributed by atoms with Crippen LogP contribution in [0.2, 0.25) is 0 Å². The van der Waals surface area contributed by atoms with Crippen molar-refractivity contribution in [3.63, 3.8) is 0 Å². The minimum Gasteiger partial charge on any atom is -0.0651 e. The molecule has 0 aliphatic heterocycles. The van der Waals surface area contributed by atoms with Crippen molar-refractivity contribution in [1.82, 2.24) is 0 Å². The van der Waals surface area contributed by atoms with Crippen molar-refractivity contribution in [2.24, 2.45) is 29.6 Å². The first-order valence-electron chi connectivity index (χ1n) is 7.88. The van der Waals surface area contributed by atoms with Crippen molar-refractivity contribution in [3.05, 3.63) is 0 Å². The summed E-state index contributed by atoms with van der Waals surface area (Å²) in [5.74, 6) is 4.44. The second-order valence-corrected chi connectivity index (χ2v) is 6.96. The van der Waals surface area contributed by atoms with E-state index in [-0.39, 0.29) is 0 Å². The van der Waals surface area contributed by atoms with Crippen LogP contribution in [-0.4, -0.2) is 0 Å². The Morgan fingerprint density at radius 3 is 1.82 bits per heavy atom. The maximum Gasteiger partial charge on any atom is -0.0365 e. The third-order valence-electron chi connectivity index (χ3n) is 4.36. The molecule has 0 bridgehead atoms. The summed E-state index contributed by atoms with van der Waals surface area (Å²) in [6.45, 7) is 16.7. The Bertz CT molecular complexity index is 169. The van der Waals surface area contributed by atoms with Crippen molar-refractivity contribution in [3.8, 4) is 0 Å². The predicted octanol–water partition coefficient (Wildman–Crippen LogP) is 6.16. The average molecular weight is 240 g/mol. The van der Waals surface area contributed by atoms with Gasteiger partial charge in [-0.15, -0.1) is 0 Å². The van der Waals surface area contributed by atoms with Gasteiger partial charge in [-0.3, -0.25) is 0 Å². The summed E-state index contributed by atoms with van der Waals surface area (Å²) in [5, 5.41) is 0. The van der Waals surface area contributed by atoms with Crippen LogP contribution < -0.4 is 0 Å². The molecule has 0 aromatic carbocycles. The zero-order valence-corrected chi connectivity index (χ0v) is 13.4. The standard InChI is InChI=1S/C17H36/c1-8-15(6)10-9-11-17(14(4)5)16(7)12-13(2)3/h13-17H,8-12H2,1-7H3.